The standard InChI is InChI=1S/C17H19ClN2O3/c1-11(16-4-3-9-23-16)19-17(22)10-15(20-12(2)21)13-5-7-14(18)8-6-13/h3-9,11,15H,10H2,1-2H3,(H,19,22)(H,20,21)/t11-,15+/m1/s1. The Kier molecular flexibility index (Phi) is 5.82. The van der Waals surface area contributed by atoms with Crippen molar-refractivity contribution in [1.29, 1.82) is 0 Å². The maximum Gasteiger partial charge on any atom is 0.222 e. The minimum atomic E-state index is -0.409. The van der Waals surface area contributed by atoms with Crippen LogP contribution in [0.5, 0.6) is 0 Å². The normalized spacial score (nSPS) is 13.2. The maximum atomic E-state index is 12.3. The zero-order valence-electron chi connectivity index (χ0n) is 13.0. The van der Waals surface area contributed by atoms with Crippen molar-refractivity contribution in [2.75, 3.05) is 0 Å². The van der Waals surface area contributed by atoms with E-state index in [4.69, 9.17) is 16.0 Å². The van der Waals surface area contributed by atoms with Crippen LogP contribution >= 0.6 is 11.6 Å². The number of furan rings is 1. The number of rotatable bonds is 6. The van der Waals surface area contributed by atoms with Crippen LogP contribution in [0, 0.1) is 0 Å². The van der Waals surface area contributed by atoms with Gasteiger partial charge < -0.3 is 15.1 Å². The molecule has 1 aromatic heterocycles. The van der Waals surface area contributed by atoms with E-state index >= 15 is 0 Å². The highest BCUT2D eigenvalue weighted by Crippen LogP contribution is 2.20. The van der Waals surface area contributed by atoms with Gasteiger partial charge in [-0.05, 0) is 36.8 Å². The quantitative estimate of drug-likeness (QED) is 0.850. The fourth-order valence-corrected chi connectivity index (χ4v) is 2.41. The highest BCUT2D eigenvalue weighted by molar-refractivity contribution is 6.30. The van der Waals surface area contributed by atoms with Gasteiger partial charge in [0, 0.05) is 11.9 Å². The second-order valence-corrected chi connectivity index (χ2v) is 5.75. The van der Waals surface area contributed by atoms with Crippen LogP contribution in [0.15, 0.2) is 47.1 Å². The molecule has 122 valence electrons. The number of nitrogens with one attached hydrogen (secondary N) is 2. The van der Waals surface area contributed by atoms with Crippen molar-refractivity contribution < 1.29 is 14.0 Å². The monoisotopic (exact) mass is 334 g/mol. The van der Waals surface area contributed by atoms with Crippen LogP contribution in [-0.4, -0.2) is 11.8 Å². The summed E-state index contributed by atoms with van der Waals surface area (Å²) < 4.78 is 5.26. The van der Waals surface area contributed by atoms with Gasteiger partial charge in [-0.1, -0.05) is 23.7 Å². The Morgan fingerprint density at radius 3 is 2.43 bits per heavy atom. The van der Waals surface area contributed by atoms with E-state index in [9.17, 15) is 9.59 Å². The topological polar surface area (TPSA) is 71.3 Å². The van der Waals surface area contributed by atoms with E-state index in [2.05, 4.69) is 10.6 Å². The van der Waals surface area contributed by atoms with Gasteiger partial charge in [0.15, 0.2) is 0 Å². The van der Waals surface area contributed by atoms with E-state index in [0.29, 0.717) is 10.8 Å². The number of hydrogen-bond donors (Lipinski definition) is 2. The maximum absolute atomic E-state index is 12.3. The molecule has 1 heterocycles. The average Bonchev–Trinajstić information content (AvgIpc) is 3.01. The first kappa shape index (κ1) is 17.1. The first-order valence-electron chi connectivity index (χ1n) is 7.31. The van der Waals surface area contributed by atoms with Crippen molar-refractivity contribution in [1.82, 2.24) is 10.6 Å². The summed E-state index contributed by atoms with van der Waals surface area (Å²) in [6, 6.07) is 9.98. The molecule has 1 aromatic carbocycles. The lowest BCUT2D eigenvalue weighted by Gasteiger charge is -2.19. The summed E-state index contributed by atoms with van der Waals surface area (Å²) in [6.45, 7) is 3.26. The summed E-state index contributed by atoms with van der Waals surface area (Å²) in [4.78, 5) is 23.7. The first-order valence-corrected chi connectivity index (χ1v) is 7.69. The molecule has 6 heteroatoms. The third kappa shape index (κ3) is 5.14. The highest BCUT2D eigenvalue weighted by atomic mass is 35.5. The molecule has 0 aliphatic carbocycles. The summed E-state index contributed by atoms with van der Waals surface area (Å²) in [6.07, 6.45) is 1.69. The molecule has 0 bridgehead atoms. The minimum absolute atomic E-state index is 0.131. The molecular weight excluding hydrogens is 316 g/mol. The number of amides is 2. The van der Waals surface area contributed by atoms with Crippen molar-refractivity contribution >= 4 is 23.4 Å². The van der Waals surface area contributed by atoms with E-state index in [1.165, 1.54) is 6.92 Å². The SMILES string of the molecule is CC(=O)N[C@@H](CC(=O)N[C@H](C)c1ccco1)c1ccc(Cl)cc1. The molecule has 2 rings (SSSR count). The van der Waals surface area contributed by atoms with Crippen molar-refractivity contribution in [3.8, 4) is 0 Å². The number of carbonyl (C=O) groups is 2. The number of halogens is 1. The lowest BCUT2D eigenvalue weighted by molar-refractivity contribution is -0.123. The fraction of sp³-hybridized carbons (Fsp3) is 0.294. The summed E-state index contributed by atoms with van der Waals surface area (Å²) >= 11 is 5.88. The summed E-state index contributed by atoms with van der Waals surface area (Å²) in [5.74, 6) is 0.306. The molecule has 2 N–H and O–H groups in total. The number of carbonyl (C=O) groups excluding carboxylic acids is 2. The second-order valence-electron chi connectivity index (χ2n) is 5.31. The molecule has 0 spiro atoms. The summed E-state index contributed by atoms with van der Waals surface area (Å²) in [5, 5.41) is 6.25. The Labute approximate surface area is 140 Å². The van der Waals surface area contributed by atoms with E-state index in [-0.39, 0.29) is 24.3 Å². The molecule has 0 fully saturated rings. The highest BCUT2D eigenvalue weighted by Gasteiger charge is 2.19. The Balaban J connectivity index is 2.03. The molecule has 0 radical (unpaired) electrons. The molecule has 2 atom stereocenters. The van der Waals surface area contributed by atoms with Gasteiger partial charge >= 0.3 is 0 Å². The van der Waals surface area contributed by atoms with Crippen molar-refractivity contribution in [3.63, 3.8) is 0 Å². The molecule has 2 amide bonds. The van der Waals surface area contributed by atoms with Crippen molar-refractivity contribution in [2.24, 2.45) is 0 Å². The van der Waals surface area contributed by atoms with Gasteiger partial charge in [0.25, 0.3) is 0 Å². The van der Waals surface area contributed by atoms with E-state index < -0.39 is 6.04 Å². The number of benzene rings is 1. The lowest BCUT2D eigenvalue weighted by Crippen LogP contribution is -2.33. The summed E-state index contributed by atoms with van der Waals surface area (Å²) in [7, 11) is 0. The van der Waals surface area contributed by atoms with Crippen LogP contribution in [0.3, 0.4) is 0 Å². The molecular formula is C17H19ClN2O3. The van der Waals surface area contributed by atoms with Crippen LogP contribution in [0.4, 0.5) is 0 Å². The third-order valence-corrected chi connectivity index (χ3v) is 3.64. The van der Waals surface area contributed by atoms with Gasteiger partial charge in [0.1, 0.15) is 5.76 Å². The minimum Gasteiger partial charge on any atom is -0.467 e. The predicted octanol–water partition coefficient (Wildman–Crippen LogP) is 3.38. The number of hydrogen-bond acceptors (Lipinski definition) is 3. The Hall–Kier alpha value is -2.27. The molecule has 0 saturated heterocycles. The molecule has 2 aromatic rings. The Morgan fingerprint density at radius 2 is 1.87 bits per heavy atom. The first-order chi connectivity index (χ1) is 11.0. The average molecular weight is 335 g/mol. The van der Waals surface area contributed by atoms with E-state index in [1.54, 1.807) is 42.7 Å². The largest absolute Gasteiger partial charge is 0.467 e. The van der Waals surface area contributed by atoms with Crippen LogP contribution in [-0.2, 0) is 9.59 Å². The van der Waals surface area contributed by atoms with Gasteiger partial charge in [-0.3, -0.25) is 9.59 Å². The smallest absolute Gasteiger partial charge is 0.222 e. The van der Waals surface area contributed by atoms with Crippen LogP contribution in [0.25, 0.3) is 0 Å². The van der Waals surface area contributed by atoms with Gasteiger partial charge in [-0.2, -0.15) is 0 Å². The Bertz CT molecular complexity index is 653. The zero-order valence-corrected chi connectivity index (χ0v) is 13.8. The van der Waals surface area contributed by atoms with Crippen LogP contribution in [0.2, 0.25) is 5.02 Å². The van der Waals surface area contributed by atoms with Gasteiger partial charge in [-0.15, -0.1) is 0 Å². The Morgan fingerprint density at radius 1 is 1.17 bits per heavy atom. The van der Waals surface area contributed by atoms with Crippen molar-refractivity contribution in [2.45, 2.75) is 32.4 Å². The van der Waals surface area contributed by atoms with Crippen molar-refractivity contribution in [3.05, 3.63) is 59.0 Å². The molecule has 0 aliphatic heterocycles. The lowest BCUT2D eigenvalue weighted by atomic mass is 10.0. The molecule has 5 nitrogen and oxygen atoms in total. The van der Waals surface area contributed by atoms with E-state index in [1.807, 2.05) is 6.92 Å². The van der Waals surface area contributed by atoms with E-state index in [0.717, 1.165) is 5.56 Å². The fourth-order valence-electron chi connectivity index (χ4n) is 2.29. The summed E-state index contributed by atoms with van der Waals surface area (Å²) in [5.41, 5.74) is 0.824. The zero-order chi connectivity index (χ0) is 16.8. The molecule has 0 unspecified atom stereocenters. The molecule has 0 saturated carbocycles. The van der Waals surface area contributed by atoms with Gasteiger partial charge in [0.2, 0.25) is 11.8 Å². The van der Waals surface area contributed by atoms with Gasteiger partial charge in [-0.25, -0.2) is 0 Å². The molecule has 0 aliphatic rings. The molecule has 23 heavy (non-hydrogen) atoms. The van der Waals surface area contributed by atoms with Gasteiger partial charge in [0.05, 0.1) is 24.8 Å². The second kappa shape index (κ2) is 7.83. The van der Waals surface area contributed by atoms with Crippen LogP contribution in [0.1, 0.15) is 43.7 Å². The van der Waals surface area contributed by atoms with Crippen LogP contribution < -0.4 is 10.6 Å². The third-order valence-electron chi connectivity index (χ3n) is 3.39. The predicted molar refractivity (Wildman–Crippen MR) is 87.9 cm³/mol.